The molecule has 2 fully saturated rings. The topological polar surface area (TPSA) is 88.6 Å². The molecule has 9 heteroatoms. The molecule has 1 saturated heterocycles. The second-order valence-corrected chi connectivity index (χ2v) is 7.62. The van der Waals surface area contributed by atoms with E-state index in [0.717, 1.165) is 30.6 Å². The van der Waals surface area contributed by atoms with Gasteiger partial charge in [0.25, 0.3) is 5.91 Å². The lowest BCUT2D eigenvalue weighted by Crippen LogP contribution is -2.64. The molecule has 1 saturated carbocycles. The summed E-state index contributed by atoms with van der Waals surface area (Å²) in [6.07, 6.45) is 5.03. The van der Waals surface area contributed by atoms with Gasteiger partial charge in [0, 0.05) is 26.2 Å². The first-order valence-corrected chi connectivity index (χ1v) is 9.08. The summed E-state index contributed by atoms with van der Waals surface area (Å²) >= 11 is 0. The summed E-state index contributed by atoms with van der Waals surface area (Å²) in [6, 6.07) is -0.239. The molecular formula is C17H28N6O3. The van der Waals surface area contributed by atoms with Crippen LogP contribution in [-0.2, 0) is 9.59 Å². The fourth-order valence-corrected chi connectivity index (χ4v) is 4.02. The quantitative estimate of drug-likeness (QED) is 0.729. The van der Waals surface area contributed by atoms with Crippen molar-refractivity contribution in [2.75, 3.05) is 34.7 Å². The van der Waals surface area contributed by atoms with E-state index in [9.17, 15) is 14.4 Å². The summed E-state index contributed by atoms with van der Waals surface area (Å²) in [6.45, 7) is 0.0693. The van der Waals surface area contributed by atoms with E-state index in [1.807, 2.05) is 0 Å². The number of hydrogen-bond donors (Lipinski definition) is 1. The minimum absolute atomic E-state index is 0.0693. The number of fused-ring (bicyclic) bond motifs is 1. The van der Waals surface area contributed by atoms with Gasteiger partial charge in [0.1, 0.15) is 0 Å². The molecule has 1 N–H and O–H groups in total. The third-order valence-electron chi connectivity index (χ3n) is 5.69. The number of hydrogen-bond acceptors (Lipinski definition) is 6. The Balaban J connectivity index is 1.55. The summed E-state index contributed by atoms with van der Waals surface area (Å²) in [5.41, 5.74) is 0. The van der Waals surface area contributed by atoms with Gasteiger partial charge in [-0.25, -0.2) is 9.79 Å². The smallest absolute Gasteiger partial charge is 0.328 e. The molecule has 2 atom stereocenters. The summed E-state index contributed by atoms with van der Waals surface area (Å²) in [5, 5.41) is 3.08. The number of nitrogens with one attached hydrogen (secondary N) is 1. The lowest BCUT2D eigenvalue weighted by atomic mass is 9.90. The second-order valence-electron chi connectivity index (χ2n) is 7.62. The zero-order valence-electron chi connectivity index (χ0n) is 15.9. The summed E-state index contributed by atoms with van der Waals surface area (Å²) in [5.74, 6) is -0.435. The maximum Gasteiger partial charge on any atom is 0.328 e. The number of amides is 4. The van der Waals surface area contributed by atoms with Gasteiger partial charge in [0.15, 0.2) is 12.2 Å². The van der Waals surface area contributed by atoms with E-state index in [4.69, 9.17) is 0 Å². The summed E-state index contributed by atoms with van der Waals surface area (Å²) < 4.78 is 0. The van der Waals surface area contributed by atoms with Crippen molar-refractivity contribution in [2.45, 2.75) is 50.0 Å². The largest absolute Gasteiger partial charge is 0.352 e. The van der Waals surface area contributed by atoms with Crippen molar-refractivity contribution in [1.82, 2.24) is 24.9 Å². The highest BCUT2D eigenvalue weighted by Crippen LogP contribution is 2.25. The molecule has 144 valence electrons. The number of urea groups is 1. The number of nitrogens with zero attached hydrogens (tertiary/aromatic N) is 5. The van der Waals surface area contributed by atoms with Crippen molar-refractivity contribution in [1.29, 1.82) is 0 Å². The number of likely N-dealkylation sites (N-methyl/N-ethyl adjacent to an activating group) is 2. The van der Waals surface area contributed by atoms with Crippen molar-refractivity contribution in [2.24, 2.45) is 4.99 Å². The molecule has 2 heterocycles. The Bertz CT molecular complexity index is 614. The van der Waals surface area contributed by atoms with Crippen molar-refractivity contribution < 1.29 is 14.4 Å². The van der Waals surface area contributed by atoms with Crippen LogP contribution in [0.4, 0.5) is 4.79 Å². The first-order chi connectivity index (χ1) is 12.3. The van der Waals surface area contributed by atoms with Gasteiger partial charge in [-0.15, -0.1) is 0 Å². The zero-order chi connectivity index (χ0) is 19.0. The fourth-order valence-electron chi connectivity index (χ4n) is 4.02. The highest BCUT2D eigenvalue weighted by atomic mass is 16.2. The molecule has 2 unspecified atom stereocenters. The van der Waals surface area contributed by atoms with Crippen molar-refractivity contribution in [3.05, 3.63) is 0 Å². The van der Waals surface area contributed by atoms with Crippen molar-refractivity contribution in [3.8, 4) is 0 Å². The Labute approximate surface area is 154 Å². The number of aliphatic imine (C=N–C) groups is 1. The van der Waals surface area contributed by atoms with E-state index >= 15 is 0 Å². The first-order valence-electron chi connectivity index (χ1n) is 9.08. The Morgan fingerprint density at radius 1 is 1.23 bits per heavy atom. The van der Waals surface area contributed by atoms with E-state index in [-0.39, 0.29) is 30.4 Å². The molecule has 0 radical (unpaired) electrons. The van der Waals surface area contributed by atoms with Crippen LogP contribution in [0.1, 0.15) is 25.7 Å². The third-order valence-corrected chi connectivity index (χ3v) is 5.69. The molecule has 3 rings (SSSR count). The molecule has 0 aromatic rings. The minimum atomic E-state index is -0.627. The molecule has 4 amide bonds. The van der Waals surface area contributed by atoms with Crippen LogP contribution in [0.25, 0.3) is 0 Å². The van der Waals surface area contributed by atoms with Crippen molar-refractivity contribution >= 4 is 24.2 Å². The Kier molecular flexibility index (Phi) is 5.17. The molecule has 0 aromatic carbocycles. The van der Waals surface area contributed by atoms with Crippen LogP contribution in [0.2, 0.25) is 0 Å². The Morgan fingerprint density at radius 3 is 2.50 bits per heavy atom. The number of imide groups is 1. The highest BCUT2D eigenvalue weighted by molar-refractivity contribution is 6.02. The lowest BCUT2D eigenvalue weighted by Gasteiger charge is -2.39. The molecular weight excluding hydrogens is 336 g/mol. The van der Waals surface area contributed by atoms with Gasteiger partial charge in [-0.3, -0.25) is 14.5 Å². The SMILES string of the molecule is CN1C(=O)C2C(N=CN2CC(=O)NC2CCC(N(C)C)CC2)N(C)C1=O. The number of carbonyl (C=O) groups is 3. The maximum atomic E-state index is 12.5. The first kappa shape index (κ1) is 18.6. The van der Waals surface area contributed by atoms with Crippen LogP contribution in [0.5, 0.6) is 0 Å². The molecule has 26 heavy (non-hydrogen) atoms. The molecule has 9 nitrogen and oxygen atoms in total. The predicted molar refractivity (Wildman–Crippen MR) is 96.6 cm³/mol. The van der Waals surface area contributed by atoms with Gasteiger partial charge in [-0.05, 0) is 39.8 Å². The van der Waals surface area contributed by atoms with Gasteiger partial charge >= 0.3 is 6.03 Å². The second kappa shape index (κ2) is 7.22. The van der Waals surface area contributed by atoms with Gasteiger partial charge in [-0.2, -0.15) is 0 Å². The average Bonchev–Trinajstić information content (AvgIpc) is 3.02. The maximum absolute atomic E-state index is 12.5. The number of carbonyl (C=O) groups excluding carboxylic acids is 3. The van der Waals surface area contributed by atoms with E-state index in [0.29, 0.717) is 6.04 Å². The van der Waals surface area contributed by atoms with E-state index < -0.39 is 12.2 Å². The van der Waals surface area contributed by atoms with Gasteiger partial charge < -0.3 is 20.0 Å². The predicted octanol–water partition coefficient (Wildman–Crippen LogP) is -0.462. The van der Waals surface area contributed by atoms with E-state index in [1.165, 1.54) is 18.3 Å². The van der Waals surface area contributed by atoms with E-state index in [1.54, 1.807) is 11.9 Å². The number of rotatable bonds is 4. The lowest BCUT2D eigenvalue weighted by molar-refractivity contribution is -0.136. The van der Waals surface area contributed by atoms with E-state index in [2.05, 4.69) is 29.3 Å². The molecule has 3 aliphatic rings. The van der Waals surface area contributed by atoms with Crippen LogP contribution < -0.4 is 5.32 Å². The van der Waals surface area contributed by atoms with Crippen LogP contribution in [0, 0.1) is 0 Å². The van der Waals surface area contributed by atoms with Gasteiger partial charge in [-0.1, -0.05) is 0 Å². The van der Waals surface area contributed by atoms with Crippen LogP contribution in [0.3, 0.4) is 0 Å². The Hall–Kier alpha value is -2.16. The summed E-state index contributed by atoms with van der Waals surface area (Å²) in [7, 11) is 7.25. The van der Waals surface area contributed by atoms with Crippen molar-refractivity contribution in [3.63, 3.8) is 0 Å². The normalized spacial score (nSPS) is 31.7. The molecule has 1 aliphatic carbocycles. The van der Waals surface area contributed by atoms with Crippen LogP contribution >= 0.6 is 0 Å². The van der Waals surface area contributed by atoms with Crippen LogP contribution in [0.15, 0.2) is 4.99 Å². The third kappa shape index (κ3) is 3.40. The molecule has 0 aromatic heterocycles. The Morgan fingerprint density at radius 2 is 1.88 bits per heavy atom. The zero-order valence-corrected chi connectivity index (χ0v) is 15.9. The summed E-state index contributed by atoms with van der Waals surface area (Å²) in [4.78, 5) is 47.6. The molecule has 0 bridgehead atoms. The standard InChI is InChI=1S/C17H28N6O3/c1-20(2)12-7-5-11(6-8-12)19-13(24)9-23-10-18-15-14(23)16(25)22(4)17(26)21(15)3/h10-12,14-15H,5-9H2,1-4H3,(H,19,24). The monoisotopic (exact) mass is 364 g/mol. The molecule has 2 aliphatic heterocycles. The molecule has 0 spiro atoms. The van der Waals surface area contributed by atoms with Gasteiger partial charge in [0.2, 0.25) is 5.91 Å². The minimum Gasteiger partial charge on any atom is -0.352 e. The fraction of sp³-hybridized carbons (Fsp3) is 0.765. The highest BCUT2D eigenvalue weighted by Gasteiger charge is 2.48. The van der Waals surface area contributed by atoms with Crippen LogP contribution in [-0.4, -0.2) is 103 Å². The average molecular weight is 364 g/mol. The van der Waals surface area contributed by atoms with Gasteiger partial charge in [0.05, 0.1) is 12.9 Å².